The number of rotatable bonds is 6. The molecule has 0 spiro atoms. The number of sulfone groups is 1. The molecule has 0 aromatic heterocycles. The van der Waals surface area contributed by atoms with Crippen molar-refractivity contribution in [2.24, 2.45) is 0 Å². The van der Waals surface area contributed by atoms with Gasteiger partial charge >= 0.3 is 0 Å². The molecule has 0 aliphatic rings. The summed E-state index contributed by atoms with van der Waals surface area (Å²) in [7, 11) is -1.84. The van der Waals surface area contributed by atoms with Crippen molar-refractivity contribution in [3.63, 3.8) is 0 Å². The van der Waals surface area contributed by atoms with E-state index in [0.717, 1.165) is 17.6 Å². The molecule has 0 aliphatic heterocycles. The third-order valence-electron chi connectivity index (χ3n) is 3.36. The van der Waals surface area contributed by atoms with Gasteiger partial charge in [0, 0.05) is 12.8 Å². The number of ether oxygens (including phenoxy) is 1. The molecule has 1 amide bonds. The lowest BCUT2D eigenvalue weighted by molar-refractivity contribution is 0.0951. The van der Waals surface area contributed by atoms with Crippen LogP contribution < -0.4 is 10.1 Å². The minimum absolute atomic E-state index is 0.0406. The first-order valence-corrected chi connectivity index (χ1v) is 9.01. The van der Waals surface area contributed by atoms with E-state index in [0.29, 0.717) is 13.0 Å². The number of carbonyl (C=O) groups is 1. The molecule has 0 fully saturated rings. The monoisotopic (exact) mass is 333 g/mol. The van der Waals surface area contributed by atoms with Gasteiger partial charge in [-0.1, -0.05) is 24.3 Å². The van der Waals surface area contributed by atoms with Crippen LogP contribution in [-0.2, 0) is 16.3 Å². The molecule has 0 unspecified atom stereocenters. The van der Waals surface area contributed by atoms with Crippen LogP contribution in [0, 0.1) is 0 Å². The number of methoxy groups -OCH3 is 1. The fourth-order valence-corrected chi connectivity index (χ4v) is 3.11. The van der Waals surface area contributed by atoms with Gasteiger partial charge in [-0.15, -0.1) is 0 Å². The van der Waals surface area contributed by atoms with Crippen molar-refractivity contribution in [3.8, 4) is 5.75 Å². The van der Waals surface area contributed by atoms with Crippen LogP contribution in [-0.4, -0.2) is 34.2 Å². The number of nitrogens with one attached hydrogen (secondary N) is 1. The Bertz CT molecular complexity index is 800. The summed E-state index contributed by atoms with van der Waals surface area (Å²) in [4.78, 5) is 12.3. The molecule has 0 bridgehead atoms. The smallest absolute Gasteiger partial charge is 0.252 e. The highest BCUT2D eigenvalue weighted by atomic mass is 32.2. The van der Waals surface area contributed by atoms with Crippen LogP contribution in [0.25, 0.3) is 0 Å². The molecule has 2 aromatic rings. The first kappa shape index (κ1) is 17.0. The van der Waals surface area contributed by atoms with E-state index in [-0.39, 0.29) is 10.5 Å². The van der Waals surface area contributed by atoms with Gasteiger partial charge < -0.3 is 10.1 Å². The predicted octanol–water partition coefficient (Wildman–Crippen LogP) is 2.07. The summed E-state index contributed by atoms with van der Waals surface area (Å²) < 4.78 is 28.6. The quantitative estimate of drug-likeness (QED) is 0.878. The van der Waals surface area contributed by atoms with Crippen molar-refractivity contribution in [3.05, 3.63) is 59.7 Å². The summed E-state index contributed by atoms with van der Waals surface area (Å²) >= 11 is 0. The van der Waals surface area contributed by atoms with Gasteiger partial charge in [0.1, 0.15) is 5.75 Å². The minimum Gasteiger partial charge on any atom is -0.497 e. The van der Waals surface area contributed by atoms with E-state index in [2.05, 4.69) is 5.32 Å². The number of benzene rings is 2. The van der Waals surface area contributed by atoms with Gasteiger partial charge in [0.05, 0.1) is 17.6 Å². The summed E-state index contributed by atoms with van der Waals surface area (Å²) in [6.45, 7) is 0.407. The average molecular weight is 333 g/mol. The van der Waals surface area contributed by atoms with Gasteiger partial charge in [-0.05, 0) is 36.2 Å². The Balaban J connectivity index is 2.03. The Morgan fingerprint density at radius 3 is 2.57 bits per heavy atom. The normalized spacial score (nSPS) is 11.0. The molecule has 0 saturated heterocycles. The lowest BCUT2D eigenvalue weighted by Crippen LogP contribution is -2.27. The van der Waals surface area contributed by atoms with Crippen LogP contribution in [0.3, 0.4) is 0 Å². The van der Waals surface area contributed by atoms with Gasteiger partial charge in [-0.2, -0.15) is 0 Å². The topological polar surface area (TPSA) is 72.5 Å². The molecule has 6 heteroatoms. The molecule has 0 heterocycles. The molecule has 2 aromatic carbocycles. The third kappa shape index (κ3) is 4.56. The van der Waals surface area contributed by atoms with Crippen molar-refractivity contribution >= 4 is 15.7 Å². The molecular weight excluding hydrogens is 314 g/mol. The molecular formula is C17H19NO4S. The first-order chi connectivity index (χ1) is 10.9. The molecule has 0 radical (unpaired) electrons. The molecule has 5 nitrogen and oxygen atoms in total. The number of hydrogen-bond donors (Lipinski definition) is 1. The summed E-state index contributed by atoms with van der Waals surface area (Å²) in [5.74, 6) is 0.366. The number of hydrogen-bond acceptors (Lipinski definition) is 4. The molecule has 0 atom stereocenters. The highest BCUT2D eigenvalue weighted by molar-refractivity contribution is 7.90. The Kier molecular flexibility index (Phi) is 5.39. The van der Waals surface area contributed by atoms with Crippen LogP contribution in [0.5, 0.6) is 5.75 Å². The second kappa shape index (κ2) is 7.28. The molecule has 2 rings (SSSR count). The van der Waals surface area contributed by atoms with E-state index in [4.69, 9.17) is 4.74 Å². The van der Waals surface area contributed by atoms with E-state index in [1.54, 1.807) is 19.2 Å². The Labute approximate surface area is 136 Å². The van der Waals surface area contributed by atoms with Gasteiger partial charge in [0.25, 0.3) is 5.91 Å². The molecule has 0 aliphatic carbocycles. The van der Waals surface area contributed by atoms with E-state index in [1.807, 2.05) is 24.3 Å². The third-order valence-corrected chi connectivity index (χ3v) is 4.52. The minimum atomic E-state index is -3.44. The van der Waals surface area contributed by atoms with Crippen molar-refractivity contribution in [1.29, 1.82) is 0 Å². The Morgan fingerprint density at radius 1 is 1.13 bits per heavy atom. The number of carbonyl (C=O) groups excluding carboxylic acids is 1. The zero-order chi connectivity index (χ0) is 16.9. The van der Waals surface area contributed by atoms with Crippen molar-refractivity contribution < 1.29 is 17.9 Å². The second-order valence-electron chi connectivity index (χ2n) is 5.13. The van der Waals surface area contributed by atoms with Crippen LogP contribution in [0.4, 0.5) is 0 Å². The first-order valence-electron chi connectivity index (χ1n) is 7.12. The highest BCUT2D eigenvalue weighted by Gasteiger charge is 2.17. The lowest BCUT2D eigenvalue weighted by Gasteiger charge is -2.09. The van der Waals surface area contributed by atoms with Crippen molar-refractivity contribution in [2.45, 2.75) is 11.3 Å². The molecule has 122 valence electrons. The van der Waals surface area contributed by atoms with E-state index >= 15 is 0 Å². The van der Waals surface area contributed by atoms with E-state index < -0.39 is 15.7 Å². The standard InChI is InChI=1S/C17H19NO4S/c1-22-14-7-5-6-13(12-14)10-11-18-17(19)15-8-3-4-9-16(15)23(2,20)21/h3-9,12H,10-11H2,1-2H3,(H,18,19). The van der Waals surface area contributed by atoms with E-state index in [1.165, 1.54) is 12.1 Å². The maximum absolute atomic E-state index is 12.2. The van der Waals surface area contributed by atoms with Crippen LogP contribution in [0.15, 0.2) is 53.4 Å². The fourth-order valence-electron chi connectivity index (χ4n) is 2.22. The Morgan fingerprint density at radius 2 is 1.87 bits per heavy atom. The van der Waals surface area contributed by atoms with Gasteiger partial charge in [0.2, 0.25) is 0 Å². The van der Waals surface area contributed by atoms with Crippen LogP contribution in [0.1, 0.15) is 15.9 Å². The van der Waals surface area contributed by atoms with Crippen molar-refractivity contribution in [2.75, 3.05) is 19.9 Å². The van der Waals surface area contributed by atoms with Crippen LogP contribution >= 0.6 is 0 Å². The molecule has 1 N–H and O–H groups in total. The zero-order valence-electron chi connectivity index (χ0n) is 13.1. The summed E-state index contributed by atoms with van der Waals surface area (Å²) in [5.41, 5.74) is 1.20. The largest absolute Gasteiger partial charge is 0.497 e. The van der Waals surface area contributed by atoms with Gasteiger partial charge in [0.15, 0.2) is 9.84 Å². The zero-order valence-corrected chi connectivity index (χ0v) is 13.9. The maximum Gasteiger partial charge on any atom is 0.252 e. The SMILES string of the molecule is COc1cccc(CCNC(=O)c2ccccc2S(C)(=O)=O)c1. The predicted molar refractivity (Wildman–Crippen MR) is 88.6 cm³/mol. The summed E-state index contributed by atoms with van der Waals surface area (Å²) in [6, 6.07) is 13.8. The van der Waals surface area contributed by atoms with E-state index in [9.17, 15) is 13.2 Å². The van der Waals surface area contributed by atoms with Gasteiger partial charge in [-0.3, -0.25) is 4.79 Å². The average Bonchev–Trinajstić information content (AvgIpc) is 2.54. The summed E-state index contributed by atoms with van der Waals surface area (Å²) in [6.07, 6.45) is 1.72. The van der Waals surface area contributed by atoms with Gasteiger partial charge in [-0.25, -0.2) is 8.42 Å². The fraction of sp³-hybridized carbons (Fsp3) is 0.235. The number of amides is 1. The Hall–Kier alpha value is -2.34. The summed E-state index contributed by atoms with van der Waals surface area (Å²) in [5, 5.41) is 2.75. The molecule has 0 saturated carbocycles. The maximum atomic E-state index is 12.2. The van der Waals surface area contributed by atoms with Crippen LogP contribution in [0.2, 0.25) is 0 Å². The molecule has 23 heavy (non-hydrogen) atoms. The lowest BCUT2D eigenvalue weighted by atomic mass is 10.1. The van der Waals surface area contributed by atoms with Crippen molar-refractivity contribution in [1.82, 2.24) is 5.32 Å². The highest BCUT2D eigenvalue weighted by Crippen LogP contribution is 2.15. The second-order valence-corrected chi connectivity index (χ2v) is 7.11.